The van der Waals surface area contributed by atoms with Crippen molar-refractivity contribution in [3.63, 3.8) is 0 Å². The molecule has 1 heterocycles. The van der Waals surface area contributed by atoms with E-state index in [0.29, 0.717) is 6.54 Å². The highest BCUT2D eigenvalue weighted by Crippen LogP contribution is 2.21. The molecule has 1 saturated heterocycles. The van der Waals surface area contributed by atoms with Crippen LogP contribution in [-0.4, -0.2) is 21.8 Å². The molecule has 1 aromatic carbocycles. The van der Waals surface area contributed by atoms with Crippen LogP contribution in [0.5, 0.6) is 0 Å². The molecular weight excluding hydrogens is 325 g/mol. The van der Waals surface area contributed by atoms with Gasteiger partial charge in [0.05, 0.1) is 12.3 Å². The van der Waals surface area contributed by atoms with Crippen LogP contribution < -0.4 is 0 Å². The van der Waals surface area contributed by atoms with Crippen molar-refractivity contribution in [2.75, 3.05) is 5.75 Å². The van der Waals surface area contributed by atoms with Crippen LogP contribution in [0.25, 0.3) is 0 Å². The molecule has 0 spiro atoms. The van der Waals surface area contributed by atoms with Crippen LogP contribution >= 0.6 is 34.4 Å². The molecule has 0 aromatic heterocycles. The highest BCUT2D eigenvalue weighted by molar-refractivity contribution is 14.1. The number of carbonyl (C=O) groups excluding carboxylic acids is 2. The van der Waals surface area contributed by atoms with Gasteiger partial charge in [-0.2, -0.15) is 0 Å². The van der Waals surface area contributed by atoms with Gasteiger partial charge in [0, 0.05) is 3.57 Å². The Balaban J connectivity index is 2.11. The molecule has 0 unspecified atom stereocenters. The summed E-state index contributed by atoms with van der Waals surface area (Å²) in [5.74, 6) is 0.187. The highest BCUT2D eigenvalue weighted by Gasteiger charge is 2.29. The normalized spacial score (nSPS) is 16.2. The second-order valence-corrected chi connectivity index (χ2v) is 5.33. The minimum atomic E-state index is -0.140. The largest absolute Gasteiger partial charge is 0.289 e. The molecule has 0 saturated carbocycles. The predicted octanol–water partition coefficient (Wildman–Crippen LogP) is 2.49. The molecule has 0 atom stereocenters. The average Bonchev–Trinajstić information content (AvgIpc) is 2.53. The number of rotatable bonds is 2. The summed E-state index contributed by atoms with van der Waals surface area (Å²) in [5, 5.41) is -0.140. The first kappa shape index (κ1) is 10.9. The van der Waals surface area contributed by atoms with Crippen molar-refractivity contribution >= 4 is 45.5 Å². The number of amides is 2. The molecule has 1 aliphatic heterocycles. The van der Waals surface area contributed by atoms with E-state index in [1.807, 2.05) is 24.3 Å². The fraction of sp³-hybridized carbons (Fsp3) is 0.200. The SMILES string of the molecule is O=C1CSC(=O)N1Cc1ccc(I)cc1. The lowest BCUT2D eigenvalue weighted by atomic mass is 10.2. The molecule has 2 rings (SSSR count). The van der Waals surface area contributed by atoms with Crippen LogP contribution in [0.3, 0.4) is 0 Å². The van der Waals surface area contributed by atoms with Crippen LogP contribution in [-0.2, 0) is 11.3 Å². The van der Waals surface area contributed by atoms with Gasteiger partial charge in [-0.25, -0.2) is 0 Å². The minimum Gasteiger partial charge on any atom is -0.273 e. The second kappa shape index (κ2) is 4.52. The summed E-state index contributed by atoms with van der Waals surface area (Å²) in [5.41, 5.74) is 0.986. The van der Waals surface area contributed by atoms with Gasteiger partial charge in [-0.3, -0.25) is 14.5 Å². The first-order valence-electron chi connectivity index (χ1n) is 4.38. The maximum Gasteiger partial charge on any atom is 0.289 e. The number of thioether (sulfide) groups is 1. The molecule has 0 bridgehead atoms. The third-order valence-corrected chi connectivity index (χ3v) is 3.67. The monoisotopic (exact) mass is 333 g/mol. The van der Waals surface area contributed by atoms with Gasteiger partial charge < -0.3 is 0 Å². The van der Waals surface area contributed by atoms with Crippen molar-refractivity contribution in [3.8, 4) is 0 Å². The second-order valence-electron chi connectivity index (χ2n) is 3.16. The van der Waals surface area contributed by atoms with E-state index in [-0.39, 0.29) is 16.9 Å². The van der Waals surface area contributed by atoms with Crippen LogP contribution in [0, 0.1) is 3.57 Å². The Kier molecular flexibility index (Phi) is 3.30. The van der Waals surface area contributed by atoms with Crippen molar-refractivity contribution in [2.45, 2.75) is 6.54 Å². The molecule has 1 aliphatic rings. The summed E-state index contributed by atoms with van der Waals surface area (Å²) >= 11 is 3.29. The van der Waals surface area contributed by atoms with Crippen molar-refractivity contribution in [2.24, 2.45) is 0 Å². The standard InChI is InChI=1S/C10H8INO2S/c11-8-3-1-7(2-4-8)5-12-9(13)6-15-10(12)14/h1-4H,5-6H2. The van der Waals surface area contributed by atoms with Crippen molar-refractivity contribution < 1.29 is 9.59 Å². The van der Waals surface area contributed by atoms with Gasteiger partial charge in [-0.15, -0.1) is 0 Å². The molecule has 78 valence electrons. The summed E-state index contributed by atoms with van der Waals surface area (Å²) < 4.78 is 1.14. The molecule has 1 aromatic rings. The molecule has 0 aliphatic carbocycles. The Morgan fingerprint density at radius 1 is 1.27 bits per heavy atom. The van der Waals surface area contributed by atoms with E-state index in [0.717, 1.165) is 20.9 Å². The van der Waals surface area contributed by atoms with Gasteiger partial charge >= 0.3 is 0 Å². The van der Waals surface area contributed by atoms with E-state index in [1.165, 1.54) is 4.90 Å². The number of carbonyl (C=O) groups is 2. The summed E-state index contributed by atoms with van der Waals surface area (Å²) in [6.45, 7) is 0.390. The third kappa shape index (κ3) is 2.52. The Bertz CT molecular complexity index is 388. The molecule has 2 amide bonds. The zero-order chi connectivity index (χ0) is 10.8. The molecule has 0 radical (unpaired) electrons. The molecular formula is C10H8INO2S. The number of imide groups is 1. The quantitative estimate of drug-likeness (QED) is 0.781. The van der Waals surface area contributed by atoms with Gasteiger partial charge in [-0.05, 0) is 40.3 Å². The maximum atomic E-state index is 11.3. The summed E-state index contributed by atoms with van der Waals surface area (Å²) in [7, 11) is 0. The summed E-state index contributed by atoms with van der Waals surface area (Å²) in [4.78, 5) is 24.0. The van der Waals surface area contributed by atoms with Crippen LogP contribution in [0.15, 0.2) is 24.3 Å². The number of hydrogen-bond acceptors (Lipinski definition) is 3. The van der Waals surface area contributed by atoms with E-state index in [2.05, 4.69) is 22.6 Å². The minimum absolute atomic E-state index is 0.0939. The number of nitrogens with zero attached hydrogens (tertiary/aromatic N) is 1. The van der Waals surface area contributed by atoms with Crippen molar-refractivity contribution in [3.05, 3.63) is 33.4 Å². The van der Waals surface area contributed by atoms with E-state index in [4.69, 9.17) is 0 Å². The zero-order valence-corrected chi connectivity index (χ0v) is 10.7. The molecule has 15 heavy (non-hydrogen) atoms. The smallest absolute Gasteiger partial charge is 0.273 e. The lowest BCUT2D eigenvalue weighted by molar-refractivity contribution is -0.125. The number of hydrogen-bond donors (Lipinski definition) is 0. The fourth-order valence-electron chi connectivity index (χ4n) is 1.31. The topological polar surface area (TPSA) is 37.4 Å². The first-order chi connectivity index (χ1) is 7.16. The Morgan fingerprint density at radius 2 is 1.93 bits per heavy atom. The molecule has 3 nitrogen and oxygen atoms in total. The van der Waals surface area contributed by atoms with Gasteiger partial charge in [0.1, 0.15) is 0 Å². The van der Waals surface area contributed by atoms with E-state index >= 15 is 0 Å². The van der Waals surface area contributed by atoms with Crippen LogP contribution in [0.4, 0.5) is 4.79 Å². The number of halogens is 1. The summed E-state index contributed by atoms with van der Waals surface area (Å²) in [6.07, 6.45) is 0. The zero-order valence-electron chi connectivity index (χ0n) is 7.77. The fourth-order valence-corrected chi connectivity index (χ4v) is 2.39. The molecule has 5 heteroatoms. The molecule has 1 fully saturated rings. The third-order valence-electron chi connectivity index (χ3n) is 2.09. The van der Waals surface area contributed by atoms with Crippen LogP contribution in [0.2, 0.25) is 0 Å². The summed E-state index contributed by atoms with van der Waals surface area (Å²) in [6, 6.07) is 7.80. The predicted molar refractivity (Wildman–Crippen MR) is 67.6 cm³/mol. The van der Waals surface area contributed by atoms with Gasteiger partial charge in [0.2, 0.25) is 5.91 Å². The lowest BCUT2D eigenvalue weighted by Gasteiger charge is -2.12. The first-order valence-corrected chi connectivity index (χ1v) is 6.45. The van der Waals surface area contributed by atoms with E-state index in [9.17, 15) is 9.59 Å². The Labute approximate surface area is 105 Å². The van der Waals surface area contributed by atoms with Crippen molar-refractivity contribution in [1.82, 2.24) is 4.90 Å². The van der Waals surface area contributed by atoms with Gasteiger partial charge in [0.25, 0.3) is 5.24 Å². The van der Waals surface area contributed by atoms with Crippen molar-refractivity contribution in [1.29, 1.82) is 0 Å². The van der Waals surface area contributed by atoms with Gasteiger partial charge in [0.15, 0.2) is 0 Å². The Hall–Kier alpha value is -0.560. The maximum absolute atomic E-state index is 11.3. The molecule has 0 N–H and O–H groups in total. The van der Waals surface area contributed by atoms with E-state index in [1.54, 1.807) is 0 Å². The Morgan fingerprint density at radius 3 is 2.47 bits per heavy atom. The van der Waals surface area contributed by atoms with E-state index < -0.39 is 0 Å². The highest BCUT2D eigenvalue weighted by atomic mass is 127. The lowest BCUT2D eigenvalue weighted by Crippen LogP contribution is -2.27. The number of benzene rings is 1. The van der Waals surface area contributed by atoms with Crippen LogP contribution in [0.1, 0.15) is 5.56 Å². The average molecular weight is 333 g/mol. The van der Waals surface area contributed by atoms with Gasteiger partial charge in [-0.1, -0.05) is 23.9 Å².